The average molecular weight is 216 g/mol. The lowest BCUT2D eigenvalue weighted by Crippen LogP contribution is -2.42. The van der Waals surface area contributed by atoms with Crippen molar-refractivity contribution >= 4 is 12.4 Å². The molecule has 2 rings (SSSR count). The summed E-state index contributed by atoms with van der Waals surface area (Å²) in [5.74, 6) is 0.703. The molecule has 0 saturated carbocycles. The van der Waals surface area contributed by atoms with Gasteiger partial charge in [-0.15, -0.1) is 12.4 Å². The fourth-order valence-corrected chi connectivity index (χ4v) is 1.61. The molecule has 1 aliphatic heterocycles. The van der Waals surface area contributed by atoms with Crippen molar-refractivity contribution in [1.29, 1.82) is 0 Å². The molecule has 1 aromatic carbocycles. The third-order valence-corrected chi connectivity index (χ3v) is 2.65. The van der Waals surface area contributed by atoms with E-state index in [4.69, 9.17) is 0 Å². The number of hydrogen-bond donors (Lipinski definition) is 1. The van der Waals surface area contributed by atoms with E-state index in [1.807, 2.05) is 12.1 Å². The second-order valence-electron chi connectivity index (χ2n) is 3.65. The standard InChI is InChI=1S/C11H14FN.ClH/c12-11-4-2-1-3-10(11)6-5-9-7-13-8-9;/h1-4,9,13H,5-8H2;1H. The number of hydrogen-bond acceptors (Lipinski definition) is 1. The molecule has 0 bridgehead atoms. The van der Waals surface area contributed by atoms with Gasteiger partial charge in [0, 0.05) is 0 Å². The molecule has 0 radical (unpaired) electrons. The van der Waals surface area contributed by atoms with Crippen LogP contribution in [0.25, 0.3) is 0 Å². The molecule has 1 fully saturated rings. The first-order valence-corrected chi connectivity index (χ1v) is 4.80. The van der Waals surface area contributed by atoms with Crippen LogP contribution in [-0.4, -0.2) is 13.1 Å². The van der Waals surface area contributed by atoms with E-state index in [1.165, 1.54) is 6.07 Å². The van der Waals surface area contributed by atoms with Crippen molar-refractivity contribution in [3.8, 4) is 0 Å². The Morgan fingerprint density at radius 1 is 1.29 bits per heavy atom. The summed E-state index contributed by atoms with van der Waals surface area (Å²) in [5.41, 5.74) is 0.856. The predicted octanol–water partition coefficient (Wildman–Crippen LogP) is 2.40. The molecule has 78 valence electrons. The van der Waals surface area contributed by atoms with Crippen molar-refractivity contribution in [3.05, 3.63) is 35.6 Å². The van der Waals surface area contributed by atoms with Gasteiger partial charge in [0.2, 0.25) is 0 Å². The first-order chi connectivity index (χ1) is 6.36. The first kappa shape index (κ1) is 11.5. The minimum Gasteiger partial charge on any atom is -0.316 e. The molecule has 1 aliphatic rings. The molecule has 1 aromatic rings. The predicted molar refractivity (Wildman–Crippen MR) is 58.3 cm³/mol. The number of aryl methyl sites for hydroxylation is 1. The fraction of sp³-hybridized carbons (Fsp3) is 0.455. The lowest BCUT2D eigenvalue weighted by molar-refractivity contribution is 0.326. The molecule has 0 aromatic heterocycles. The minimum atomic E-state index is -0.0604. The molecule has 1 saturated heterocycles. The maximum Gasteiger partial charge on any atom is 0.126 e. The van der Waals surface area contributed by atoms with Crippen molar-refractivity contribution in [2.24, 2.45) is 5.92 Å². The maximum absolute atomic E-state index is 13.1. The normalized spacial score (nSPS) is 15.8. The number of nitrogens with one attached hydrogen (secondary N) is 1. The second-order valence-corrected chi connectivity index (χ2v) is 3.65. The Bertz CT molecular complexity index is 286. The maximum atomic E-state index is 13.1. The van der Waals surface area contributed by atoms with E-state index in [1.54, 1.807) is 6.07 Å². The molecule has 1 heterocycles. The lowest BCUT2D eigenvalue weighted by Gasteiger charge is -2.26. The van der Waals surface area contributed by atoms with Crippen LogP contribution in [0.4, 0.5) is 4.39 Å². The molecular weight excluding hydrogens is 201 g/mol. The van der Waals surface area contributed by atoms with Gasteiger partial charge >= 0.3 is 0 Å². The molecule has 1 nitrogen and oxygen atoms in total. The number of benzene rings is 1. The zero-order chi connectivity index (χ0) is 9.10. The van der Waals surface area contributed by atoms with Crippen LogP contribution in [0.15, 0.2) is 24.3 Å². The summed E-state index contributed by atoms with van der Waals surface area (Å²) in [4.78, 5) is 0. The van der Waals surface area contributed by atoms with E-state index < -0.39 is 0 Å². The van der Waals surface area contributed by atoms with Crippen LogP contribution >= 0.6 is 12.4 Å². The average Bonchev–Trinajstić information content (AvgIpc) is 2.05. The van der Waals surface area contributed by atoms with Gasteiger partial charge in [-0.25, -0.2) is 4.39 Å². The van der Waals surface area contributed by atoms with Crippen molar-refractivity contribution < 1.29 is 4.39 Å². The van der Waals surface area contributed by atoms with Crippen molar-refractivity contribution in [1.82, 2.24) is 5.32 Å². The van der Waals surface area contributed by atoms with E-state index >= 15 is 0 Å². The molecule has 0 atom stereocenters. The van der Waals surface area contributed by atoms with E-state index in [0.717, 1.165) is 37.4 Å². The molecule has 14 heavy (non-hydrogen) atoms. The summed E-state index contributed by atoms with van der Waals surface area (Å²) in [6.45, 7) is 2.21. The van der Waals surface area contributed by atoms with Crippen molar-refractivity contribution in [2.75, 3.05) is 13.1 Å². The molecule has 0 amide bonds. The second kappa shape index (κ2) is 5.32. The third-order valence-electron chi connectivity index (χ3n) is 2.65. The van der Waals surface area contributed by atoms with Crippen molar-refractivity contribution in [2.45, 2.75) is 12.8 Å². The van der Waals surface area contributed by atoms with E-state index in [2.05, 4.69) is 5.32 Å². The van der Waals surface area contributed by atoms with E-state index in [0.29, 0.717) is 0 Å². The Kier molecular flexibility index (Phi) is 4.36. The van der Waals surface area contributed by atoms with Crippen molar-refractivity contribution in [3.63, 3.8) is 0 Å². The zero-order valence-electron chi connectivity index (χ0n) is 8.00. The highest BCUT2D eigenvalue weighted by molar-refractivity contribution is 5.85. The minimum absolute atomic E-state index is 0. The summed E-state index contributed by atoms with van der Waals surface area (Å²) in [5, 5.41) is 3.22. The third kappa shape index (κ3) is 2.69. The molecule has 0 spiro atoms. The molecule has 0 aliphatic carbocycles. The largest absolute Gasteiger partial charge is 0.316 e. The summed E-state index contributed by atoms with van der Waals surface area (Å²) in [7, 11) is 0. The lowest BCUT2D eigenvalue weighted by atomic mass is 9.95. The molecule has 1 N–H and O–H groups in total. The van der Waals surface area contributed by atoms with Gasteiger partial charge in [-0.1, -0.05) is 18.2 Å². The Labute approximate surface area is 90.1 Å². The van der Waals surface area contributed by atoms with Crippen LogP contribution in [0, 0.1) is 11.7 Å². The highest BCUT2D eigenvalue weighted by atomic mass is 35.5. The van der Waals surface area contributed by atoms with Gasteiger partial charge in [0.25, 0.3) is 0 Å². The van der Waals surface area contributed by atoms with Gasteiger partial charge in [-0.2, -0.15) is 0 Å². The Hall–Kier alpha value is -0.600. The zero-order valence-corrected chi connectivity index (χ0v) is 8.82. The molecule has 0 unspecified atom stereocenters. The number of rotatable bonds is 3. The highest BCUT2D eigenvalue weighted by Crippen LogP contribution is 2.15. The molecular formula is C11H15ClFN. The monoisotopic (exact) mass is 215 g/mol. The van der Waals surface area contributed by atoms with Crippen LogP contribution in [-0.2, 0) is 6.42 Å². The SMILES string of the molecule is Cl.Fc1ccccc1CCC1CNC1. The van der Waals surface area contributed by atoms with Gasteiger partial charge in [0.15, 0.2) is 0 Å². The van der Waals surface area contributed by atoms with Crippen LogP contribution in [0.2, 0.25) is 0 Å². The van der Waals surface area contributed by atoms with Crippen LogP contribution in [0.5, 0.6) is 0 Å². The Morgan fingerprint density at radius 3 is 2.57 bits per heavy atom. The molecule has 3 heteroatoms. The summed E-state index contributed by atoms with van der Waals surface area (Å²) < 4.78 is 13.1. The topological polar surface area (TPSA) is 12.0 Å². The summed E-state index contributed by atoms with van der Waals surface area (Å²) in [6.07, 6.45) is 1.98. The Morgan fingerprint density at radius 2 is 2.00 bits per heavy atom. The van der Waals surface area contributed by atoms with E-state index in [9.17, 15) is 4.39 Å². The summed E-state index contributed by atoms with van der Waals surface area (Å²) >= 11 is 0. The quantitative estimate of drug-likeness (QED) is 0.817. The number of halogens is 2. The van der Waals surface area contributed by atoms with Crippen LogP contribution in [0.1, 0.15) is 12.0 Å². The summed E-state index contributed by atoms with van der Waals surface area (Å²) in [6, 6.07) is 7.05. The van der Waals surface area contributed by atoms with Crippen LogP contribution < -0.4 is 5.32 Å². The van der Waals surface area contributed by atoms with Gasteiger partial charge < -0.3 is 5.32 Å². The van der Waals surface area contributed by atoms with Gasteiger partial charge in [0.05, 0.1) is 0 Å². The smallest absolute Gasteiger partial charge is 0.126 e. The Balaban J connectivity index is 0.000000980. The first-order valence-electron chi connectivity index (χ1n) is 4.80. The van der Waals surface area contributed by atoms with Gasteiger partial charge in [0.1, 0.15) is 5.82 Å². The highest BCUT2D eigenvalue weighted by Gasteiger charge is 2.16. The van der Waals surface area contributed by atoms with Gasteiger partial charge in [-0.05, 0) is 43.5 Å². The van der Waals surface area contributed by atoms with E-state index in [-0.39, 0.29) is 18.2 Å². The fourth-order valence-electron chi connectivity index (χ4n) is 1.61. The van der Waals surface area contributed by atoms with Gasteiger partial charge in [-0.3, -0.25) is 0 Å². The van der Waals surface area contributed by atoms with Crippen LogP contribution in [0.3, 0.4) is 0 Å².